The summed E-state index contributed by atoms with van der Waals surface area (Å²) in [7, 11) is 0. The SMILES string of the molecule is O=C(Nc1ccc(OC(F)(F)F)cc1)C1CCN(C(=O)c2cc(-c3ccncc3)n[nH]2)CC1. The number of hydrogen-bond acceptors (Lipinski definition) is 5. The number of aromatic amines is 1. The van der Waals surface area contributed by atoms with Crippen molar-refractivity contribution < 1.29 is 27.5 Å². The second kappa shape index (κ2) is 9.31. The number of ether oxygens (including phenoxy) is 1. The Kier molecular flexibility index (Phi) is 6.29. The number of amides is 2. The number of hydrogen-bond donors (Lipinski definition) is 2. The standard InChI is InChI=1S/C22H20F3N5O3/c23-22(24,25)33-17-3-1-16(2-4-17)27-20(31)15-7-11-30(12-8-15)21(32)19-13-18(28-29-19)14-5-9-26-10-6-14/h1-6,9-10,13,15H,7-8,11-12H2,(H,27,31)(H,28,29). The number of nitrogens with zero attached hydrogens (tertiary/aromatic N) is 3. The maximum Gasteiger partial charge on any atom is 0.573 e. The highest BCUT2D eigenvalue weighted by molar-refractivity contribution is 5.95. The zero-order valence-electron chi connectivity index (χ0n) is 17.3. The predicted octanol–water partition coefficient (Wildman–Crippen LogP) is 3.86. The number of anilines is 1. The van der Waals surface area contributed by atoms with E-state index in [1.54, 1.807) is 35.5 Å². The van der Waals surface area contributed by atoms with Crippen molar-refractivity contribution in [3.05, 3.63) is 60.6 Å². The monoisotopic (exact) mass is 459 g/mol. The first-order chi connectivity index (χ1) is 15.8. The van der Waals surface area contributed by atoms with Gasteiger partial charge in [0.2, 0.25) is 5.91 Å². The van der Waals surface area contributed by atoms with Gasteiger partial charge in [0.1, 0.15) is 11.4 Å². The molecule has 2 amide bonds. The molecule has 1 aromatic carbocycles. The molecule has 33 heavy (non-hydrogen) atoms. The van der Waals surface area contributed by atoms with Crippen molar-refractivity contribution in [3.63, 3.8) is 0 Å². The maximum absolute atomic E-state index is 12.8. The summed E-state index contributed by atoms with van der Waals surface area (Å²) in [5.74, 6) is -1.11. The summed E-state index contributed by atoms with van der Waals surface area (Å²) >= 11 is 0. The summed E-state index contributed by atoms with van der Waals surface area (Å²) in [6.45, 7) is 0.803. The Morgan fingerprint density at radius 3 is 2.36 bits per heavy atom. The number of rotatable bonds is 5. The first-order valence-corrected chi connectivity index (χ1v) is 10.2. The quantitative estimate of drug-likeness (QED) is 0.604. The Balaban J connectivity index is 1.29. The first kappa shape index (κ1) is 22.3. The fourth-order valence-electron chi connectivity index (χ4n) is 3.60. The molecule has 0 radical (unpaired) electrons. The van der Waals surface area contributed by atoms with Crippen molar-refractivity contribution in [1.82, 2.24) is 20.1 Å². The fourth-order valence-corrected chi connectivity index (χ4v) is 3.60. The van der Waals surface area contributed by atoms with Gasteiger partial charge in [-0.2, -0.15) is 5.10 Å². The number of piperidine rings is 1. The molecule has 4 rings (SSSR count). The molecule has 0 saturated carbocycles. The molecule has 1 fully saturated rings. The van der Waals surface area contributed by atoms with E-state index in [0.717, 1.165) is 17.7 Å². The number of halogens is 3. The van der Waals surface area contributed by atoms with Crippen molar-refractivity contribution in [2.45, 2.75) is 19.2 Å². The van der Waals surface area contributed by atoms with Crippen LogP contribution in [0.2, 0.25) is 0 Å². The van der Waals surface area contributed by atoms with Crippen LogP contribution in [0.5, 0.6) is 5.75 Å². The lowest BCUT2D eigenvalue weighted by Crippen LogP contribution is -2.41. The van der Waals surface area contributed by atoms with Gasteiger partial charge in [0.05, 0.1) is 5.69 Å². The van der Waals surface area contributed by atoms with Crippen LogP contribution in [0, 0.1) is 5.92 Å². The minimum Gasteiger partial charge on any atom is -0.406 e. The van der Waals surface area contributed by atoms with Crippen LogP contribution in [0.4, 0.5) is 18.9 Å². The van der Waals surface area contributed by atoms with Gasteiger partial charge >= 0.3 is 6.36 Å². The molecule has 0 bridgehead atoms. The van der Waals surface area contributed by atoms with Crippen LogP contribution in [0.3, 0.4) is 0 Å². The minimum atomic E-state index is -4.77. The number of alkyl halides is 3. The lowest BCUT2D eigenvalue weighted by molar-refractivity contribution is -0.274. The van der Waals surface area contributed by atoms with Gasteiger partial charge in [-0.25, -0.2) is 0 Å². The maximum atomic E-state index is 12.8. The molecule has 172 valence electrons. The number of likely N-dealkylation sites (tertiary alicyclic amines) is 1. The summed E-state index contributed by atoms with van der Waals surface area (Å²) in [5.41, 5.74) is 2.22. The van der Waals surface area contributed by atoms with Gasteiger partial charge in [-0.05, 0) is 55.3 Å². The zero-order valence-corrected chi connectivity index (χ0v) is 17.3. The molecule has 0 aliphatic carbocycles. The number of benzene rings is 1. The molecule has 0 unspecified atom stereocenters. The summed E-state index contributed by atoms with van der Waals surface area (Å²) in [4.78, 5) is 31.0. The first-order valence-electron chi connectivity index (χ1n) is 10.2. The van der Waals surface area contributed by atoms with Gasteiger partial charge in [0.25, 0.3) is 5.91 Å². The number of nitrogens with one attached hydrogen (secondary N) is 2. The molecule has 1 aliphatic rings. The summed E-state index contributed by atoms with van der Waals surface area (Å²) < 4.78 is 40.5. The van der Waals surface area contributed by atoms with Crippen LogP contribution in [-0.4, -0.2) is 51.3 Å². The highest BCUT2D eigenvalue weighted by atomic mass is 19.4. The molecular formula is C22H20F3N5O3. The van der Waals surface area contributed by atoms with Gasteiger partial charge < -0.3 is 15.0 Å². The lowest BCUT2D eigenvalue weighted by atomic mass is 9.95. The van der Waals surface area contributed by atoms with Gasteiger partial charge in [-0.3, -0.25) is 19.7 Å². The molecule has 1 aliphatic heterocycles. The largest absolute Gasteiger partial charge is 0.573 e. The Hall–Kier alpha value is -3.89. The molecule has 0 spiro atoms. The lowest BCUT2D eigenvalue weighted by Gasteiger charge is -2.31. The molecule has 1 saturated heterocycles. The Morgan fingerprint density at radius 1 is 1.06 bits per heavy atom. The van der Waals surface area contributed by atoms with Gasteiger partial charge in [-0.15, -0.1) is 13.2 Å². The van der Waals surface area contributed by atoms with E-state index in [0.29, 0.717) is 43.0 Å². The van der Waals surface area contributed by atoms with Crippen LogP contribution in [0.25, 0.3) is 11.3 Å². The smallest absolute Gasteiger partial charge is 0.406 e. The number of aromatic nitrogens is 3. The molecule has 2 N–H and O–H groups in total. The summed E-state index contributed by atoms with van der Waals surface area (Å²) in [5, 5.41) is 9.65. The average Bonchev–Trinajstić information content (AvgIpc) is 3.30. The Labute approximate surface area is 186 Å². The normalized spacial score (nSPS) is 14.7. The zero-order chi connectivity index (χ0) is 23.4. The summed E-state index contributed by atoms with van der Waals surface area (Å²) in [6, 6.07) is 10.2. The summed E-state index contributed by atoms with van der Waals surface area (Å²) in [6.07, 6.45) is -0.540. The predicted molar refractivity (Wildman–Crippen MR) is 112 cm³/mol. The number of carbonyl (C=O) groups excluding carboxylic acids is 2. The van der Waals surface area contributed by atoms with E-state index >= 15 is 0 Å². The highest BCUT2D eigenvalue weighted by Crippen LogP contribution is 2.26. The van der Waals surface area contributed by atoms with Crippen molar-refractivity contribution in [3.8, 4) is 17.0 Å². The molecule has 2 aromatic heterocycles. The topological polar surface area (TPSA) is 100 Å². The third-order valence-corrected chi connectivity index (χ3v) is 5.29. The third-order valence-electron chi connectivity index (χ3n) is 5.29. The number of H-pyrrole nitrogens is 1. The van der Waals surface area contributed by atoms with Gasteiger partial charge in [-0.1, -0.05) is 0 Å². The molecule has 8 nitrogen and oxygen atoms in total. The molecule has 3 heterocycles. The second-order valence-corrected chi connectivity index (χ2v) is 7.53. The molecular weight excluding hydrogens is 439 g/mol. The van der Waals surface area contributed by atoms with Crippen LogP contribution in [0.15, 0.2) is 54.9 Å². The van der Waals surface area contributed by atoms with E-state index in [4.69, 9.17) is 0 Å². The molecule has 11 heteroatoms. The van der Waals surface area contributed by atoms with E-state index in [9.17, 15) is 22.8 Å². The highest BCUT2D eigenvalue weighted by Gasteiger charge is 2.31. The van der Waals surface area contributed by atoms with E-state index in [1.807, 2.05) is 0 Å². The molecule has 3 aromatic rings. The third kappa shape index (κ3) is 5.68. The van der Waals surface area contributed by atoms with Crippen molar-refractivity contribution in [2.75, 3.05) is 18.4 Å². The van der Waals surface area contributed by atoms with Crippen molar-refractivity contribution in [2.24, 2.45) is 5.92 Å². The second-order valence-electron chi connectivity index (χ2n) is 7.53. The van der Waals surface area contributed by atoms with E-state index < -0.39 is 6.36 Å². The van der Waals surface area contributed by atoms with Crippen LogP contribution >= 0.6 is 0 Å². The molecule has 0 atom stereocenters. The van der Waals surface area contributed by atoms with E-state index in [2.05, 4.69) is 25.2 Å². The average molecular weight is 459 g/mol. The number of pyridine rings is 1. The Bertz CT molecular complexity index is 1110. The fraction of sp³-hybridized carbons (Fsp3) is 0.273. The van der Waals surface area contributed by atoms with E-state index in [-0.39, 0.29) is 23.5 Å². The number of carbonyl (C=O) groups is 2. The Morgan fingerprint density at radius 2 is 1.73 bits per heavy atom. The van der Waals surface area contributed by atoms with Crippen molar-refractivity contribution >= 4 is 17.5 Å². The minimum absolute atomic E-state index is 0.193. The van der Waals surface area contributed by atoms with Crippen LogP contribution in [-0.2, 0) is 4.79 Å². The van der Waals surface area contributed by atoms with Gasteiger partial charge in [0.15, 0.2) is 0 Å². The van der Waals surface area contributed by atoms with E-state index in [1.165, 1.54) is 12.1 Å². The van der Waals surface area contributed by atoms with Crippen molar-refractivity contribution in [1.29, 1.82) is 0 Å². The van der Waals surface area contributed by atoms with Crippen LogP contribution < -0.4 is 10.1 Å². The van der Waals surface area contributed by atoms with Crippen LogP contribution in [0.1, 0.15) is 23.3 Å². The van der Waals surface area contributed by atoms with Gasteiger partial charge in [0, 0.05) is 42.7 Å².